The molecule has 0 spiro atoms. The van der Waals surface area contributed by atoms with Gasteiger partial charge in [0, 0.05) is 18.8 Å². The first-order valence-electron chi connectivity index (χ1n) is 6.84. The molecular formula is C15H24N2. The first-order valence-corrected chi connectivity index (χ1v) is 6.84. The number of hydrogen-bond donors (Lipinski definition) is 1. The number of nitrogens with zero attached hydrogens (tertiary/aromatic N) is 1. The molecule has 0 bridgehead atoms. The Labute approximate surface area is 105 Å². The van der Waals surface area contributed by atoms with E-state index in [1.807, 2.05) is 0 Å². The maximum Gasteiger partial charge on any atom is 0.0375 e. The molecule has 0 aliphatic carbocycles. The highest BCUT2D eigenvalue weighted by molar-refractivity contribution is 5.56. The van der Waals surface area contributed by atoms with Gasteiger partial charge >= 0.3 is 0 Å². The predicted octanol–water partition coefficient (Wildman–Crippen LogP) is 3.28. The fourth-order valence-electron chi connectivity index (χ4n) is 2.53. The van der Waals surface area contributed by atoms with E-state index in [0.717, 1.165) is 13.1 Å². The lowest BCUT2D eigenvalue weighted by molar-refractivity contribution is 0.320. The number of anilines is 1. The highest BCUT2D eigenvalue weighted by atomic mass is 15.1. The van der Waals surface area contributed by atoms with Crippen LogP contribution in [0.5, 0.6) is 0 Å². The van der Waals surface area contributed by atoms with Gasteiger partial charge in [0.1, 0.15) is 0 Å². The maximum atomic E-state index is 3.50. The van der Waals surface area contributed by atoms with Gasteiger partial charge in [0.05, 0.1) is 0 Å². The predicted molar refractivity (Wildman–Crippen MR) is 74.5 cm³/mol. The Kier molecular flexibility index (Phi) is 4.43. The third kappa shape index (κ3) is 3.22. The molecule has 17 heavy (non-hydrogen) atoms. The highest BCUT2D eigenvalue weighted by Gasteiger charge is 2.13. The van der Waals surface area contributed by atoms with Gasteiger partial charge in [-0.05, 0) is 50.0 Å². The zero-order valence-electron chi connectivity index (χ0n) is 11.1. The van der Waals surface area contributed by atoms with Crippen molar-refractivity contribution in [1.29, 1.82) is 0 Å². The summed E-state index contributed by atoms with van der Waals surface area (Å²) in [5, 5.41) is 3.50. The van der Waals surface area contributed by atoms with Gasteiger partial charge in [0.15, 0.2) is 0 Å². The smallest absolute Gasteiger partial charge is 0.0375 e. The first kappa shape index (κ1) is 12.4. The summed E-state index contributed by atoms with van der Waals surface area (Å²) in [6.07, 6.45) is 5.07. The minimum absolute atomic E-state index is 1.09. The van der Waals surface area contributed by atoms with Gasteiger partial charge in [-0.3, -0.25) is 0 Å². The largest absolute Gasteiger partial charge is 0.385 e. The Hall–Kier alpha value is -1.02. The lowest BCUT2D eigenvalue weighted by atomic mass is 9.97. The molecule has 2 heteroatoms. The molecule has 0 amide bonds. The summed E-state index contributed by atoms with van der Waals surface area (Å²) < 4.78 is 0. The highest BCUT2D eigenvalue weighted by Crippen LogP contribution is 2.25. The van der Waals surface area contributed by atoms with Gasteiger partial charge in [0.2, 0.25) is 0 Å². The third-order valence-corrected chi connectivity index (χ3v) is 3.53. The van der Waals surface area contributed by atoms with Crippen molar-refractivity contribution < 1.29 is 0 Å². The fraction of sp³-hybridized carbons (Fsp3) is 0.600. The monoisotopic (exact) mass is 232 g/mol. The van der Waals surface area contributed by atoms with Crippen molar-refractivity contribution in [1.82, 2.24) is 4.90 Å². The van der Waals surface area contributed by atoms with Crippen molar-refractivity contribution in [3.05, 3.63) is 29.3 Å². The lowest BCUT2D eigenvalue weighted by Crippen LogP contribution is -2.21. The molecule has 1 aliphatic heterocycles. The van der Waals surface area contributed by atoms with E-state index in [1.165, 1.54) is 43.5 Å². The third-order valence-electron chi connectivity index (χ3n) is 3.53. The second-order valence-corrected chi connectivity index (χ2v) is 5.06. The molecule has 1 aromatic carbocycles. The topological polar surface area (TPSA) is 15.3 Å². The molecule has 2 rings (SSSR count). The van der Waals surface area contributed by atoms with E-state index >= 15 is 0 Å². The van der Waals surface area contributed by atoms with Crippen LogP contribution >= 0.6 is 0 Å². The second-order valence-electron chi connectivity index (χ2n) is 5.06. The van der Waals surface area contributed by atoms with Crippen molar-refractivity contribution in [3.63, 3.8) is 0 Å². The molecule has 0 saturated carbocycles. The van der Waals surface area contributed by atoms with Crippen molar-refractivity contribution in [2.45, 2.75) is 39.2 Å². The zero-order valence-corrected chi connectivity index (χ0v) is 11.1. The molecule has 0 atom stereocenters. The van der Waals surface area contributed by atoms with Gasteiger partial charge in [-0.25, -0.2) is 0 Å². The van der Waals surface area contributed by atoms with Crippen LogP contribution in [0.15, 0.2) is 18.2 Å². The molecule has 2 nitrogen and oxygen atoms in total. The first-order chi connectivity index (χ1) is 8.31. The van der Waals surface area contributed by atoms with Crippen molar-refractivity contribution in [3.8, 4) is 0 Å². The Morgan fingerprint density at radius 1 is 1.35 bits per heavy atom. The molecule has 1 heterocycles. The zero-order chi connectivity index (χ0) is 12.1. The van der Waals surface area contributed by atoms with Crippen LogP contribution in [0.4, 0.5) is 5.69 Å². The molecule has 0 unspecified atom stereocenters. The van der Waals surface area contributed by atoms with Gasteiger partial charge in [-0.15, -0.1) is 0 Å². The van der Waals surface area contributed by atoms with E-state index < -0.39 is 0 Å². The van der Waals surface area contributed by atoms with Crippen molar-refractivity contribution in [2.75, 3.05) is 25.5 Å². The summed E-state index contributed by atoms with van der Waals surface area (Å²) in [5.74, 6) is 0. The molecule has 0 saturated heterocycles. The minimum atomic E-state index is 1.09. The van der Waals surface area contributed by atoms with Crippen LogP contribution in [0.1, 0.15) is 37.3 Å². The van der Waals surface area contributed by atoms with E-state index in [0.29, 0.717) is 0 Å². The van der Waals surface area contributed by atoms with Crippen LogP contribution in [-0.2, 0) is 13.0 Å². The van der Waals surface area contributed by atoms with Gasteiger partial charge in [0.25, 0.3) is 0 Å². The second kappa shape index (κ2) is 6.06. The van der Waals surface area contributed by atoms with E-state index in [9.17, 15) is 0 Å². The summed E-state index contributed by atoms with van der Waals surface area (Å²) in [7, 11) is 2.23. The van der Waals surface area contributed by atoms with Crippen LogP contribution in [0, 0.1) is 0 Å². The minimum Gasteiger partial charge on any atom is -0.385 e. The van der Waals surface area contributed by atoms with Crippen molar-refractivity contribution in [2.24, 2.45) is 0 Å². The lowest BCUT2D eigenvalue weighted by Gasteiger charge is -2.24. The number of nitrogens with one attached hydrogen (secondary N) is 1. The average molecular weight is 232 g/mol. The Morgan fingerprint density at radius 2 is 2.24 bits per heavy atom. The normalized spacial score (nSPS) is 14.5. The number of benzene rings is 1. The molecule has 0 fully saturated rings. The van der Waals surface area contributed by atoms with Gasteiger partial charge < -0.3 is 10.2 Å². The molecule has 1 N–H and O–H groups in total. The molecule has 1 aliphatic rings. The Bertz CT molecular complexity index is 360. The summed E-state index contributed by atoms with van der Waals surface area (Å²) in [5.41, 5.74) is 4.41. The Morgan fingerprint density at radius 3 is 3.06 bits per heavy atom. The SMILES string of the molecule is CCCCN(C)Cc1cccc2c1CCCN2. The quantitative estimate of drug-likeness (QED) is 0.838. The molecule has 1 aromatic rings. The number of rotatable bonds is 5. The van der Waals surface area contributed by atoms with E-state index in [4.69, 9.17) is 0 Å². The van der Waals surface area contributed by atoms with Crippen LogP contribution < -0.4 is 5.32 Å². The van der Waals surface area contributed by atoms with Crippen LogP contribution in [0.25, 0.3) is 0 Å². The van der Waals surface area contributed by atoms with E-state index in [-0.39, 0.29) is 0 Å². The van der Waals surface area contributed by atoms with Crippen molar-refractivity contribution >= 4 is 5.69 Å². The fourth-order valence-corrected chi connectivity index (χ4v) is 2.53. The summed E-state index contributed by atoms with van der Waals surface area (Å²) in [6, 6.07) is 6.68. The molecule has 94 valence electrons. The maximum absolute atomic E-state index is 3.50. The molecular weight excluding hydrogens is 208 g/mol. The summed E-state index contributed by atoms with van der Waals surface area (Å²) in [6.45, 7) is 5.67. The number of fused-ring (bicyclic) bond motifs is 1. The Balaban J connectivity index is 2.05. The van der Waals surface area contributed by atoms with E-state index in [1.54, 1.807) is 5.56 Å². The van der Waals surface area contributed by atoms with Gasteiger partial charge in [-0.2, -0.15) is 0 Å². The summed E-state index contributed by atoms with van der Waals surface area (Å²) >= 11 is 0. The standard InChI is InChI=1S/C15H24N2/c1-3-4-11-17(2)12-13-7-5-9-15-14(13)8-6-10-16-15/h5,7,9,16H,3-4,6,8,10-12H2,1-2H3. The van der Waals surface area contributed by atoms with Crippen LogP contribution in [0.3, 0.4) is 0 Å². The average Bonchev–Trinajstić information content (AvgIpc) is 2.37. The van der Waals surface area contributed by atoms with E-state index in [2.05, 4.69) is 42.4 Å². The van der Waals surface area contributed by atoms with Gasteiger partial charge in [-0.1, -0.05) is 25.5 Å². The van der Waals surface area contributed by atoms with Crippen LogP contribution in [-0.4, -0.2) is 25.0 Å². The van der Waals surface area contributed by atoms with Crippen LogP contribution in [0.2, 0.25) is 0 Å². The molecule has 0 radical (unpaired) electrons. The summed E-state index contributed by atoms with van der Waals surface area (Å²) in [4.78, 5) is 2.44. The number of unbranched alkanes of at least 4 members (excludes halogenated alkanes) is 1. The number of hydrogen-bond acceptors (Lipinski definition) is 2. The molecule has 0 aromatic heterocycles.